The van der Waals surface area contributed by atoms with Gasteiger partial charge in [-0.1, -0.05) is 66.4 Å². The Kier molecular flexibility index (Phi) is 4.36. The highest BCUT2D eigenvalue weighted by atomic mass is 32.2. The van der Waals surface area contributed by atoms with Gasteiger partial charge in [0.25, 0.3) is 0 Å². The van der Waals surface area contributed by atoms with Crippen molar-refractivity contribution in [2.45, 2.75) is 5.75 Å². The number of rotatable bonds is 4. The maximum Gasteiger partial charge on any atom is 0.219 e. The molecule has 0 spiro atoms. The van der Waals surface area contributed by atoms with Crippen molar-refractivity contribution in [1.29, 1.82) is 0 Å². The summed E-state index contributed by atoms with van der Waals surface area (Å²) in [5, 5.41) is 0.0556. The highest BCUT2D eigenvalue weighted by Gasteiger charge is 2.09. The molecule has 4 heteroatoms. The number of thioether (sulfide) groups is 1. The van der Waals surface area contributed by atoms with Crippen LogP contribution in [0.15, 0.2) is 78.9 Å². The summed E-state index contributed by atoms with van der Waals surface area (Å²) in [6.45, 7) is 0. The number of hydrogen-bond donors (Lipinski definition) is 1. The van der Waals surface area contributed by atoms with Crippen LogP contribution in [0.4, 0.5) is 0 Å². The molecule has 0 unspecified atom stereocenters. The molecule has 0 bridgehead atoms. The van der Waals surface area contributed by atoms with Crippen molar-refractivity contribution in [2.75, 3.05) is 0 Å². The lowest BCUT2D eigenvalue weighted by Crippen LogP contribution is -1.95. The van der Waals surface area contributed by atoms with E-state index in [1.807, 2.05) is 66.7 Å². The van der Waals surface area contributed by atoms with Gasteiger partial charge < -0.3 is 4.98 Å². The first kappa shape index (κ1) is 15.7. The van der Waals surface area contributed by atoms with Gasteiger partial charge in [0.1, 0.15) is 5.82 Å². The van der Waals surface area contributed by atoms with Crippen molar-refractivity contribution in [2.24, 2.45) is 0 Å². The molecule has 4 rings (SSSR count). The summed E-state index contributed by atoms with van der Waals surface area (Å²) in [5.74, 6) is 1.36. The van der Waals surface area contributed by atoms with Crippen LogP contribution in [-0.4, -0.2) is 15.1 Å². The van der Waals surface area contributed by atoms with Crippen LogP contribution in [0.3, 0.4) is 0 Å². The van der Waals surface area contributed by atoms with Crippen molar-refractivity contribution in [3.63, 3.8) is 0 Å². The zero-order chi connectivity index (χ0) is 17.1. The Hall–Kier alpha value is -2.85. The van der Waals surface area contributed by atoms with Gasteiger partial charge in [-0.3, -0.25) is 4.79 Å². The smallest absolute Gasteiger partial charge is 0.219 e. The summed E-state index contributed by atoms with van der Waals surface area (Å²) in [5.41, 5.74) is 4.90. The van der Waals surface area contributed by atoms with Crippen molar-refractivity contribution in [3.05, 3.63) is 90.3 Å². The van der Waals surface area contributed by atoms with Crippen molar-refractivity contribution >= 4 is 27.9 Å². The molecule has 3 nitrogen and oxygen atoms in total. The zero-order valence-electron chi connectivity index (χ0n) is 13.5. The van der Waals surface area contributed by atoms with Gasteiger partial charge in [0, 0.05) is 5.56 Å². The summed E-state index contributed by atoms with van der Waals surface area (Å²) < 4.78 is 0. The van der Waals surface area contributed by atoms with E-state index in [1.165, 1.54) is 11.8 Å². The highest BCUT2D eigenvalue weighted by molar-refractivity contribution is 8.13. The molecule has 25 heavy (non-hydrogen) atoms. The molecular weight excluding hydrogens is 328 g/mol. The summed E-state index contributed by atoms with van der Waals surface area (Å²) in [4.78, 5) is 20.2. The number of hydrogen-bond acceptors (Lipinski definition) is 3. The van der Waals surface area contributed by atoms with Crippen molar-refractivity contribution in [1.82, 2.24) is 9.97 Å². The largest absolute Gasteiger partial charge is 0.341 e. The molecule has 0 saturated heterocycles. The van der Waals surface area contributed by atoms with Crippen LogP contribution in [0.2, 0.25) is 0 Å². The van der Waals surface area contributed by atoms with Gasteiger partial charge in [0.05, 0.1) is 16.8 Å². The molecule has 0 saturated carbocycles. The molecule has 1 heterocycles. The van der Waals surface area contributed by atoms with E-state index >= 15 is 0 Å². The predicted octanol–water partition coefficient (Wildman–Crippen LogP) is 5.30. The fraction of sp³-hybridized carbons (Fsp3) is 0.0476. The van der Waals surface area contributed by atoms with E-state index in [0.717, 1.165) is 28.0 Å². The average Bonchev–Trinajstić information content (AvgIpc) is 3.10. The second-order valence-electron chi connectivity index (χ2n) is 5.72. The third kappa shape index (κ3) is 3.49. The molecule has 0 aliphatic rings. The third-order valence-corrected chi connectivity index (χ3v) is 4.92. The number of imidazole rings is 1. The maximum absolute atomic E-state index is 12.4. The third-order valence-electron chi connectivity index (χ3n) is 4.01. The molecular formula is C21H16N2OS. The van der Waals surface area contributed by atoms with E-state index in [4.69, 9.17) is 0 Å². The molecule has 0 aliphatic heterocycles. The number of carbonyl (C=O) groups is 1. The van der Waals surface area contributed by atoms with Gasteiger partial charge in [-0.05, 0) is 35.4 Å². The minimum absolute atomic E-state index is 0.0556. The van der Waals surface area contributed by atoms with Gasteiger partial charge in [-0.25, -0.2) is 4.98 Å². The number of benzene rings is 3. The lowest BCUT2D eigenvalue weighted by molar-refractivity contribution is 0.108. The molecule has 122 valence electrons. The summed E-state index contributed by atoms with van der Waals surface area (Å²) in [6, 6.07) is 25.8. The highest BCUT2D eigenvalue weighted by Crippen LogP contribution is 2.23. The first-order valence-electron chi connectivity index (χ1n) is 8.06. The molecule has 0 fully saturated rings. The Labute approximate surface area is 150 Å². The minimum Gasteiger partial charge on any atom is -0.341 e. The van der Waals surface area contributed by atoms with Crippen LogP contribution < -0.4 is 0 Å². The Morgan fingerprint density at radius 1 is 0.840 bits per heavy atom. The number of aromatic amines is 1. The Morgan fingerprint density at radius 3 is 2.28 bits per heavy atom. The van der Waals surface area contributed by atoms with Crippen LogP contribution in [0, 0.1) is 0 Å². The predicted molar refractivity (Wildman–Crippen MR) is 104 cm³/mol. The first-order chi connectivity index (χ1) is 12.3. The van der Waals surface area contributed by atoms with Gasteiger partial charge >= 0.3 is 0 Å². The van der Waals surface area contributed by atoms with Crippen LogP contribution in [0.5, 0.6) is 0 Å². The Morgan fingerprint density at radius 2 is 1.52 bits per heavy atom. The second kappa shape index (κ2) is 6.95. The number of para-hydroxylation sites is 2. The summed E-state index contributed by atoms with van der Waals surface area (Å²) in [6.07, 6.45) is 0. The molecule has 0 radical (unpaired) electrons. The maximum atomic E-state index is 12.4. The van der Waals surface area contributed by atoms with Gasteiger partial charge in [-0.2, -0.15) is 0 Å². The van der Waals surface area contributed by atoms with Gasteiger partial charge in [0.2, 0.25) is 5.12 Å². The van der Waals surface area contributed by atoms with Crippen LogP contribution >= 0.6 is 11.8 Å². The molecule has 1 aromatic heterocycles. The quantitative estimate of drug-likeness (QED) is 0.546. The summed E-state index contributed by atoms with van der Waals surface area (Å²) in [7, 11) is 0. The number of nitrogens with one attached hydrogen (secondary N) is 1. The summed E-state index contributed by atoms with van der Waals surface area (Å²) >= 11 is 1.27. The van der Waals surface area contributed by atoms with E-state index < -0.39 is 0 Å². The number of carbonyl (C=O) groups excluding carboxylic acids is 1. The van der Waals surface area contributed by atoms with Gasteiger partial charge in [-0.15, -0.1) is 0 Å². The zero-order valence-corrected chi connectivity index (χ0v) is 14.3. The lowest BCUT2D eigenvalue weighted by atomic mass is 10.0. The monoisotopic (exact) mass is 344 g/mol. The van der Waals surface area contributed by atoms with Gasteiger partial charge in [0.15, 0.2) is 0 Å². The van der Waals surface area contributed by atoms with Crippen LogP contribution in [-0.2, 0) is 5.75 Å². The van der Waals surface area contributed by atoms with E-state index in [0.29, 0.717) is 11.3 Å². The molecule has 0 amide bonds. The van der Waals surface area contributed by atoms with Crippen molar-refractivity contribution in [3.8, 4) is 11.1 Å². The van der Waals surface area contributed by atoms with E-state index in [1.54, 1.807) is 0 Å². The molecule has 3 aromatic carbocycles. The molecule has 0 aliphatic carbocycles. The second-order valence-corrected chi connectivity index (χ2v) is 6.67. The van der Waals surface area contributed by atoms with E-state index in [9.17, 15) is 4.79 Å². The number of H-pyrrole nitrogens is 1. The van der Waals surface area contributed by atoms with Crippen LogP contribution in [0.1, 0.15) is 16.2 Å². The van der Waals surface area contributed by atoms with Crippen molar-refractivity contribution < 1.29 is 4.79 Å². The topological polar surface area (TPSA) is 45.8 Å². The first-order valence-corrected chi connectivity index (χ1v) is 9.04. The Balaban J connectivity index is 1.44. The number of nitrogens with zero attached hydrogens (tertiary/aromatic N) is 1. The number of aromatic nitrogens is 2. The SMILES string of the molecule is O=C(SCc1nc2ccccc2[nH]1)c1ccc(-c2ccccc2)cc1. The molecule has 0 atom stereocenters. The normalized spacial score (nSPS) is 10.9. The fourth-order valence-electron chi connectivity index (χ4n) is 2.72. The van der Waals surface area contributed by atoms with E-state index in [-0.39, 0.29) is 5.12 Å². The standard InChI is InChI=1S/C21H16N2OS/c24-21(25-14-20-22-18-8-4-5-9-19(18)23-20)17-12-10-16(11-13-17)15-6-2-1-3-7-15/h1-13H,14H2,(H,22,23). The minimum atomic E-state index is 0.0556. The number of fused-ring (bicyclic) bond motifs is 1. The lowest BCUT2D eigenvalue weighted by Gasteiger charge is -2.03. The van der Waals surface area contributed by atoms with E-state index in [2.05, 4.69) is 22.1 Å². The Bertz CT molecular complexity index is 974. The average molecular weight is 344 g/mol. The molecule has 4 aromatic rings. The molecule has 1 N–H and O–H groups in total. The van der Waals surface area contributed by atoms with Crippen LogP contribution in [0.25, 0.3) is 22.2 Å². The fourth-order valence-corrected chi connectivity index (χ4v) is 3.43.